The first-order valence-electron chi connectivity index (χ1n) is 10.4. The predicted molar refractivity (Wildman–Crippen MR) is 114 cm³/mol. The first-order valence-corrected chi connectivity index (χ1v) is 10.4. The van der Waals surface area contributed by atoms with Crippen LogP contribution in [0.3, 0.4) is 0 Å². The first-order chi connectivity index (χ1) is 14.6. The van der Waals surface area contributed by atoms with Gasteiger partial charge in [0.25, 0.3) is 0 Å². The molecule has 3 aliphatic heterocycles. The van der Waals surface area contributed by atoms with Gasteiger partial charge in [-0.2, -0.15) is 4.57 Å². The minimum atomic E-state index is -0.218. The monoisotopic (exact) mass is 390 g/mol. The summed E-state index contributed by atoms with van der Waals surface area (Å²) < 4.78 is 15.5. The fourth-order valence-corrected chi connectivity index (χ4v) is 5.52. The Hall–Kier alpha value is -3.59. The molecule has 3 aromatic carbocycles. The van der Waals surface area contributed by atoms with Gasteiger partial charge in [-0.3, -0.25) is 0 Å². The molecule has 0 spiro atoms. The van der Waals surface area contributed by atoms with Gasteiger partial charge in [0, 0.05) is 43.0 Å². The van der Waals surface area contributed by atoms with E-state index in [9.17, 15) is 0 Å². The summed E-state index contributed by atoms with van der Waals surface area (Å²) in [6.45, 7) is 4.53. The molecule has 0 aliphatic carbocycles. The zero-order valence-corrected chi connectivity index (χ0v) is 16.8. The van der Waals surface area contributed by atoms with Crippen LogP contribution in [0.1, 0.15) is 42.0 Å². The molecular formula is C27H20NO2+. The summed E-state index contributed by atoms with van der Waals surface area (Å²) in [6.07, 6.45) is 2.16. The van der Waals surface area contributed by atoms with E-state index in [-0.39, 0.29) is 11.5 Å². The zero-order chi connectivity index (χ0) is 20.0. The Morgan fingerprint density at radius 3 is 2.20 bits per heavy atom. The van der Waals surface area contributed by atoms with Crippen LogP contribution < -0.4 is 14.0 Å². The molecule has 0 fully saturated rings. The number of hydrogen-bond donors (Lipinski definition) is 0. The lowest BCUT2D eigenvalue weighted by Gasteiger charge is -2.36. The van der Waals surface area contributed by atoms with Crippen LogP contribution in [0.15, 0.2) is 79.0 Å². The average molecular weight is 390 g/mol. The van der Waals surface area contributed by atoms with Gasteiger partial charge in [0.05, 0.1) is 16.7 Å². The molecule has 1 unspecified atom stereocenters. The standard InChI is InChI=1S/C27H20NO2/c1-27(2)25-18(19-11-7-8-14-28(19)27)15-22-24-23(16-9-3-5-12-20(16)29-22)17-10-4-6-13-21(17)30-26(24)25/h3-15,23H,1-2H3/q+1. The number of aromatic nitrogens is 1. The average Bonchev–Trinajstić information content (AvgIpc) is 3.00. The van der Waals surface area contributed by atoms with Crippen molar-refractivity contribution >= 4 is 0 Å². The molecule has 3 heteroatoms. The fourth-order valence-electron chi connectivity index (χ4n) is 5.52. The van der Waals surface area contributed by atoms with Crippen LogP contribution in [0.2, 0.25) is 0 Å². The molecule has 0 N–H and O–H groups in total. The Balaban J connectivity index is 1.61. The van der Waals surface area contributed by atoms with Gasteiger partial charge in [-0.05, 0) is 24.3 Å². The van der Waals surface area contributed by atoms with Gasteiger partial charge >= 0.3 is 0 Å². The Morgan fingerprint density at radius 2 is 1.43 bits per heavy atom. The summed E-state index contributed by atoms with van der Waals surface area (Å²) in [7, 11) is 0. The van der Waals surface area contributed by atoms with Crippen molar-refractivity contribution in [2.75, 3.05) is 0 Å². The van der Waals surface area contributed by atoms with Crippen LogP contribution in [0, 0.1) is 0 Å². The van der Waals surface area contributed by atoms with Gasteiger partial charge in [0.2, 0.25) is 5.69 Å². The van der Waals surface area contributed by atoms with Crippen molar-refractivity contribution in [3.05, 3.63) is 101 Å². The minimum absolute atomic E-state index is 0.111. The number of nitrogens with zero attached hydrogens (tertiary/aromatic N) is 1. The van der Waals surface area contributed by atoms with Crippen molar-refractivity contribution in [3.8, 4) is 34.3 Å². The number of rotatable bonds is 0. The Kier molecular flexibility index (Phi) is 2.87. The highest BCUT2D eigenvalue weighted by molar-refractivity contribution is 5.79. The number of benzene rings is 3. The molecule has 3 nitrogen and oxygen atoms in total. The van der Waals surface area contributed by atoms with Gasteiger partial charge in [0.15, 0.2) is 11.7 Å². The van der Waals surface area contributed by atoms with E-state index in [2.05, 4.69) is 85.3 Å². The zero-order valence-electron chi connectivity index (χ0n) is 16.8. The number of para-hydroxylation sites is 2. The molecule has 1 aromatic heterocycles. The largest absolute Gasteiger partial charge is 0.457 e. The summed E-state index contributed by atoms with van der Waals surface area (Å²) in [5, 5.41) is 0. The lowest BCUT2D eigenvalue weighted by atomic mass is 9.77. The minimum Gasteiger partial charge on any atom is -0.457 e. The number of ether oxygens (including phenoxy) is 2. The maximum atomic E-state index is 6.66. The topological polar surface area (TPSA) is 22.3 Å². The molecule has 144 valence electrons. The number of hydrogen-bond acceptors (Lipinski definition) is 2. The molecule has 1 atom stereocenters. The summed E-state index contributed by atoms with van der Waals surface area (Å²) in [4.78, 5) is 0. The molecule has 0 radical (unpaired) electrons. The lowest BCUT2D eigenvalue weighted by Crippen LogP contribution is -2.50. The summed E-state index contributed by atoms with van der Waals surface area (Å²) >= 11 is 0. The number of fused-ring (bicyclic) bond motifs is 8. The predicted octanol–water partition coefficient (Wildman–Crippen LogP) is 6.13. The van der Waals surface area contributed by atoms with Crippen LogP contribution in [0.4, 0.5) is 0 Å². The van der Waals surface area contributed by atoms with Crippen molar-refractivity contribution in [1.82, 2.24) is 0 Å². The Labute approximate surface area is 175 Å². The summed E-state index contributed by atoms with van der Waals surface area (Å²) in [5.41, 5.74) is 6.93. The second-order valence-electron chi connectivity index (χ2n) is 8.77. The van der Waals surface area contributed by atoms with Crippen molar-refractivity contribution in [3.63, 3.8) is 0 Å². The van der Waals surface area contributed by atoms with Gasteiger partial charge < -0.3 is 9.47 Å². The van der Waals surface area contributed by atoms with E-state index in [1.54, 1.807) is 0 Å². The quantitative estimate of drug-likeness (QED) is 0.291. The Bertz CT molecular complexity index is 1370. The van der Waals surface area contributed by atoms with E-state index in [4.69, 9.17) is 9.47 Å². The van der Waals surface area contributed by atoms with E-state index in [0.717, 1.165) is 28.6 Å². The van der Waals surface area contributed by atoms with E-state index in [1.807, 2.05) is 12.1 Å². The fraction of sp³-hybridized carbons (Fsp3) is 0.148. The second-order valence-corrected chi connectivity index (χ2v) is 8.77. The third-order valence-corrected chi connectivity index (χ3v) is 6.81. The normalized spacial score (nSPS) is 18.1. The molecule has 0 saturated heterocycles. The van der Waals surface area contributed by atoms with Crippen molar-refractivity contribution < 1.29 is 14.0 Å². The van der Waals surface area contributed by atoms with E-state index in [1.165, 1.54) is 27.9 Å². The van der Waals surface area contributed by atoms with E-state index < -0.39 is 0 Å². The van der Waals surface area contributed by atoms with Gasteiger partial charge in [-0.25, -0.2) is 0 Å². The third kappa shape index (κ3) is 1.83. The SMILES string of the molecule is CC1(C)c2c(cc3c4c2Oc2ccccc2C4c2ccccc2O3)-c2cccc[n+]21. The van der Waals surface area contributed by atoms with Crippen molar-refractivity contribution in [2.24, 2.45) is 0 Å². The summed E-state index contributed by atoms with van der Waals surface area (Å²) in [6, 6.07) is 25.4. The highest BCUT2D eigenvalue weighted by Crippen LogP contribution is 2.60. The summed E-state index contributed by atoms with van der Waals surface area (Å²) in [5.74, 6) is 3.82. The molecule has 30 heavy (non-hydrogen) atoms. The highest BCUT2D eigenvalue weighted by atomic mass is 16.5. The van der Waals surface area contributed by atoms with Gasteiger partial charge in [-0.15, -0.1) is 0 Å². The van der Waals surface area contributed by atoms with Crippen LogP contribution in [-0.2, 0) is 5.54 Å². The molecular weight excluding hydrogens is 370 g/mol. The highest BCUT2D eigenvalue weighted by Gasteiger charge is 2.50. The first kappa shape index (κ1) is 16.2. The lowest BCUT2D eigenvalue weighted by molar-refractivity contribution is -0.731. The maximum Gasteiger partial charge on any atom is 0.214 e. The van der Waals surface area contributed by atoms with Crippen LogP contribution in [0.25, 0.3) is 11.3 Å². The maximum absolute atomic E-state index is 6.66. The third-order valence-electron chi connectivity index (χ3n) is 6.81. The molecule has 4 aromatic rings. The smallest absolute Gasteiger partial charge is 0.214 e. The Morgan fingerprint density at radius 1 is 0.767 bits per heavy atom. The molecule has 0 amide bonds. The molecule has 3 aliphatic rings. The van der Waals surface area contributed by atoms with Crippen LogP contribution >= 0.6 is 0 Å². The van der Waals surface area contributed by atoms with Gasteiger partial charge in [0.1, 0.15) is 23.0 Å². The number of pyridine rings is 1. The van der Waals surface area contributed by atoms with Gasteiger partial charge in [-0.1, -0.05) is 36.4 Å². The van der Waals surface area contributed by atoms with Crippen LogP contribution in [-0.4, -0.2) is 0 Å². The molecule has 4 heterocycles. The van der Waals surface area contributed by atoms with E-state index >= 15 is 0 Å². The molecule has 0 saturated carbocycles. The molecule has 0 bridgehead atoms. The van der Waals surface area contributed by atoms with Crippen molar-refractivity contribution in [2.45, 2.75) is 25.3 Å². The second kappa shape index (κ2) is 5.31. The van der Waals surface area contributed by atoms with Crippen LogP contribution in [0.5, 0.6) is 23.0 Å². The molecule has 7 rings (SSSR count). The van der Waals surface area contributed by atoms with E-state index in [0.29, 0.717) is 0 Å². The van der Waals surface area contributed by atoms with Crippen molar-refractivity contribution in [1.29, 1.82) is 0 Å².